The predicted molar refractivity (Wildman–Crippen MR) is 79.6 cm³/mol. The fourth-order valence-corrected chi connectivity index (χ4v) is 2.67. The Morgan fingerprint density at radius 2 is 2.15 bits per heavy atom. The lowest BCUT2D eigenvalue weighted by Gasteiger charge is -2.11. The van der Waals surface area contributed by atoms with Crippen LogP contribution in [0.4, 0.5) is 5.69 Å². The molecule has 7 heteroatoms. The van der Waals surface area contributed by atoms with Gasteiger partial charge in [-0.25, -0.2) is 0 Å². The van der Waals surface area contributed by atoms with Gasteiger partial charge in [-0.1, -0.05) is 12.8 Å². The normalized spacial score (nSPS) is 15.2. The highest BCUT2D eigenvalue weighted by Gasteiger charge is 2.17. The summed E-state index contributed by atoms with van der Waals surface area (Å²) in [5.41, 5.74) is 0.623. The monoisotopic (exact) mass is 296 g/mol. The van der Waals surface area contributed by atoms with Crippen molar-refractivity contribution in [3.63, 3.8) is 0 Å². The molecule has 6 nitrogen and oxygen atoms in total. The molecule has 0 unspecified atom stereocenters. The van der Waals surface area contributed by atoms with Crippen LogP contribution in [0, 0.1) is 0 Å². The van der Waals surface area contributed by atoms with Gasteiger partial charge in [0, 0.05) is 12.2 Å². The van der Waals surface area contributed by atoms with Crippen LogP contribution < -0.4 is 10.6 Å². The summed E-state index contributed by atoms with van der Waals surface area (Å²) < 4.78 is 1.54. The van der Waals surface area contributed by atoms with Crippen LogP contribution in [0.3, 0.4) is 0 Å². The first-order valence-electron chi connectivity index (χ1n) is 6.78. The second kappa shape index (κ2) is 7.33. The van der Waals surface area contributed by atoms with Crippen molar-refractivity contribution in [3.05, 3.63) is 12.4 Å². The third-order valence-corrected chi connectivity index (χ3v) is 3.77. The van der Waals surface area contributed by atoms with Gasteiger partial charge in [-0.15, -0.1) is 0 Å². The van der Waals surface area contributed by atoms with E-state index in [1.165, 1.54) is 24.6 Å². The zero-order valence-corrected chi connectivity index (χ0v) is 12.4. The molecule has 0 bridgehead atoms. The third-order valence-electron chi connectivity index (χ3n) is 3.22. The maximum atomic E-state index is 11.8. The van der Waals surface area contributed by atoms with Gasteiger partial charge in [0.2, 0.25) is 11.8 Å². The lowest BCUT2D eigenvalue weighted by Crippen LogP contribution is -2.35. The molecular weight excluding hydrogens is 276 g/mol. The summed E-state index contributed by atoms with van der Waals surface area (Å²) in [6.45, 7) is 0.189. The number of carbonyl (C=O) groups excluding carboxylic acids is 2. The highest BCUT2D eigenvalue weighted by atomic mass is 32.2. The largest absolute Gasteiger partial charge is 0.352 e. The highest BCUT2D eigenvalue weighted by Crippen LogP contribution is 2.17. The number of thioether (sulfide) groups is 1. The van der Waals surface area contributed by atoms with E-state index in [1.54, 1.807) is 17.1 Å². The first-order chi connectivity index (χ1) is 9.67. The average molecular weight is 296 g/mol. The Morgan fingerprint density at radius 3 is 2.85 bits per heavy atom. The van der Waals surface area contributed by atoms with Crippen LogP contribution in [0.1, 0.15) is 25.7 Å². The second-order valence-electron chi connectivity index (χ2n) is 4.96. The van der Waals surface area contributed by atoms with Gasteiger partial charge in [0.25, 0.3) is 0 Å². The van der Waals surface area contributed by atoms with E-state index in [0.717, 1.165) is 12.8 Å². The minimum atomic E-state index is -0.0625. The summed E-state index contributed by atoms with van der Waals surface area (Å²) in [6.07, 6.45) is 9.63. The lowest BCUT2D eigenvalue weighted by molar-refractivity contribution is -0.122. The summed E-state index contributed by atoms with van der Waals surface area (Å²) in [6, 6.07) is 0.318. The molecule has 1 fully saturated rings. The highest BCUT2D eigenvalue weighted by molar-refractivity contribution is 7.99. The molecule has 0 aliphatic heterocycles. The Balaban J connectivity index is 1.79. The third kappa shape index (κ3) is 4.56. The van der Waals surface area contributed by atoms with Gasteiger partial charge in [-0.05, 0) is 19.1 Å². The standard InChI is InChI=1S/C13H20N4O2S/c1-20-9-13(19)16-11-6-14-17(7-11)8-12(18)15-10-4-2-3-5-10/h6-7,10H,2-5,8-9H2,1H3,(H,15,18)(H,16,19). The van der Waals surface area contributed by atoms with Crippen LogP contribution in [0.15, 0.2) is 12.4 Å². The summed E-state index contributed by atoms with van der Waals surface area (Å²) in [5, 5.41) is 9.82. The molecule has 0 atom stereocenters. The molecule has 20 heavy (non-hydrogen) atoms. The first kappa shape index (κ1) is 14.9. The molecule has 2 amide bonds. The van der Waals surface area contributed by atoms with E-state index in [1.807, 2.05) is 6.26 Å². The zero-order chi connectivity index (χ0) is 14.4. The molecule has 110 valence electrons. The van der Waals surface area contributed by atoms with Gasteiger partial charge in [0.05, 0.1) is 17.6 Å². The van der Waals surface area contributed by atoms with E-state index in [9.17, 15) is 9.59 Å². The Kier molecular flexibility index (Phi) is 5.46. The van der Waals surface area contributed by atoms with Crippen LogP contribution in [0.2, 0.25) is 0 Å². The van der Waals surface area contributed by atoms with Crippen molar-refractivity contribution in [3.8, 4) is 0 Å². The van der Waals surface area contributed by atoms with Crippen molar-refractivity contribution in [1.29, 1.82) is 0 Å². The molecule has 0 saturated heterocycles. The Hall–Kier alpha value is -1.50. The number of nitrogens with zero attached hydrogens (tertiary/aromatic N) is 2. The number of anilines is 1. The van der Waals surface area contributed by atoms with Crippen LogP contribution in [0.25, 0.3) is 0 Å². The summed E-state index contributed by atoms with van der Waals surface area (Å²) >= 11 is 1.46. The fraction of sp³-hybridized carbons (Fsp3) is 0.615. The molecule has 1 aliphatic carbocycles. The number of amides is 2. The van der Waals surface area contributed by atoms with Gasteiger partial charge >= 0.3 is 0 Å². The Bertz CT molecular complexity index is 469. The second-order valence-corrected chi connectivity index (χ2v) is 5.82. The van der Waals surface area contributed by atoms with E-state index >= 15 is 0 Å². The molecule has 1 aromatic heterocycles. The predicted octanol–water partition coefficient (Wildman–Crippen LogP) is 1.24. The quantitative estimate of drug-likeness (QED) is 0.828. The molecule has 1 saturated carbocycles. The van der Waals surface area contributed by atoms with E-state index in [2.05, 4.69) is 15.7 Å². The Labute approximate surface area is 122 Å². The zero-order valence-electron chi connectivity index (χ0n) is 11.6. The number of carbonyl (C=O) groups is 2. The molecule has 2 rings (SSSR count). The molecule has 2 N–H and O–H groups in total. The van der Waals surface area contributed by atoms with Gasteiger partial charge in [0.15, 0.2) is 0 Å². The molecule has 1 aliphatic rings. The number of hydrogen-bond donors (Lipinski definition) is 2. The van der Waals surface area contributed by atoms with Crippen LogP contribution in [0.5, 0.6) is 0 Å². The molecule has 1 aromatic rings. The molecule has 0 aromatic carbocycles. The summed E-state index contributed by atoms with van der Waals surface area (Å²) in [7, 11) is 0. The lowest BCUT2D eigenvalue weighted by atomic mass is 10.2. The van der Waals surface area contributed by atoms with Crippen molar-refractivity contribution in [2.75, 3.05) is 17.3 Å². The van der Waals surface area contributed by atoms with Crippen molar-refractivity contribution in [2.45, 2.75) is 38.3 Å². The first-order valence-corrected chi connectivity index (χ1v) is 8.17. The van der Waals surface area contributed by atoms with Crippen molar-refractivity contribution in [1.82, 2.24) is 15.1 Å². The topological polar surface area (TPSA) is 76.0 Å². The van der Waals surface area contributed by atoms with Crippen LogP contribution in [-0.4, -0.2) is 39.6 Å². The van der Waals surface area contributed by atoms with E-state index in [-0.39, 0.29) is 18.4 Å². The minimum Gasteiger partial charge on any atom is -0.352 e. The maximum absolute atomic E-state index is 11.8. The van der Waals surface area contributed by atoms with Crippen molar-refractivity contribution >= 4 is 29.3 Å². The van der Waals surface area contributed by atoms with E-state index < -0.39 is 0 Å². The SMILES string of the molecule is CSCC(=O)Nc1cnn(CC(=O)NC2CCCC2)c1. The number of aromatic nitrogens is 2. The van der Waals surface area contributed by atoms with E-state index in [0.29, 0.717) is 17.5 Å². The summed E-state index contributed by atoms with van der Waals surface area (Å²) in [5.74, 6) is 0.322. The van der Waals surface area contributed by atoms with Gasteiger partial charge in [0.1, 0.15) is 6.54 Å². The number of hydrogen-bond acceptors (Lipinski definition) is 4. The Morgan fingerprint density at radius 1 is 1.40 bits per heavy atom. The average Bonchev–Trinajstić information content (AvgIpc) is 3.02. The smallest absolute Gasteiger partial charge is 0.241 e. The maximum Gasteiger partial charge on any atom is 0.241 e. The number of rotatable bonds is 6. The van der Waals surface area contributed by atoms with Gasteiger partial charge in [-0.3, -0.25) is 14.3 Å². The fourth-order valence-electron chi connectivity index (χ4n) is 2.33. The van der Waals surface area contributed by atoms with Crippen LogP contribution >= 0.6 is 11.8 Å². The number of nitrogens with one attached hydrogen (secondary N) is 2. The van der Waals surface area contributed by atoms with Gasteiger partial charge in [-0.2, -0.15) is 16.9 Å². The minimum absolute atomic E-state index is 0.0259. The van der Waals surface area contributed by atoms with Crippen molar-refractivity contribution < 1.29 is 9.59 Å². The van der Waals surface area contributed by atoms with Crippen LogP contribution in [-0.2, 0) is 16.1 Å². The molecule has 0 spiro atoms. The van der Waals surface area contributed by atoms with Gasteiger partial charge < -0.3 is 10.6 Å². The summed E-state index contributed by atoms with van der Waals surface area (Å²) in [4.78, 5) is 23.3. The molecule has 0 radical (unpaired) electrons. The molecule has 1 heterocycles. The molecular formula is C13H20N4O2S. The van der Waals surface area contributed by atoms with E-state index in [4.69, 9.17) is 0 Å². The van der Waals surface area contributed by atoms with Crippen molar-refractivity contribution in [2.24, 2.45) is 0 Å².